The topological polar surface area (TPSA) is 59.2 Å². The van der Waals surface area contributed by atoms with E-state index in [0.29, 0.717) is 10.6 Å². The summed E-state index contributed by atoms with van der Waals surface area (Å²) in [6.07, 6.45) is 0. The van der Waals surface area contributed by atoms with Crippen molar-refractivity contribution in [1.82, 2.24) is 9.88 Å². The number of thiophene rings is 1. The highest BCUT2D eigenvalue weighted by atomic mass is 32.1. The zero-order valence-electron chi connectivity index (χ0n) is 18.3. The zero-order chi connectivity index (χ0) is 22.1. The first-order valence-corrected chi connectivity index (χ1v) is 11.4. The van der Waals surface area contributed by atoms with Crippen LogP contribution < -0.4 is 5.73 Å². The summed E-state index contributed by atoms with van der Waals surface area (Å²) < 4.78 is 0. The molecule has 0 aliphatic heterocycles. The lowest BCUT2D eigenvalue weighted by Crippen LogP contribution is -2.41. The Morgan fingerprint density at radius 1 is 0.903 bits per heavy atom. The number of carbonyl (C=O) groups is 1. The van der Waals surface area contributed by atoms with Crippen LogP contribution in [0.25, 0.3) is 32.6 Å². The Morgan fingerprint density at radius 2 is 1.45 bits per heavy atom. The Morgan fingerprint density at radius 3 is 2.00 bits per heavy atom. The Hall–Kier alpha value is -3.18. The molecule has 0 aliphatic rings. The lowest BCUT2D eigenvalue weighted by atomic mass is 9.99. The number of fused-ring (bicyclic) bond motifs is 1. The van der Waals surface area contributed by atoms with Crippen molar-refractivity contribution in [2.75, 3.05) is 5.73 Å². The van der Waals surface area contributed by atoms with Crippen molar-refractivity contribution >= 4 is 33.1 Å². The van der Waals surface area contributed by atoms with Crippen LogP contribution in [0, 0.1) is 0 Å². The molecule has 0 fully saturated rings. The van der Waals surface area contributed by atoms with Crippen LogP contribution in [0.3, 0.4) is 0 Å². The second-order valence-corrected chi connectivity index (χ2v) is 9.21. The van der Waals surface area contributed by atoms with Crippen molar-refractivity contribution in [3.8, 4) is 22.4 Å². The molecule has 2 aromatic heterocycles. The third-order valence-electron chi connectivity index (χ3n) is 5.39. The standard InChI is InChI=1S/C26H27N3OS/c1-16(2)29(17(3)4)26(30)24-23(27)22-20(18-11-7-5-8-12-18)15-21(28-25(22)31-24)19-13-9-6-10-14-19/h5-17H,27H2,1-4H3. The summed E-state index contributed by atoms with van der Waals surface area (Å²) in [7, 11) is 0. The van der Waals surface area contributed by atoms with Gasteiger partial charge in [0.2, 0.25) is 0 Å². The molecule has 0 unspecified atom stereocenters. The van der Waals surface area contributed by atoms with E-state index in [1.165, 1.54) is 11.3 Å². The summed E-state index contributed by atoms with van der Waals surface area (Å²) in [5, 5.41) is 0.853. The monoisotopic (exact) mass is 429 g/mol. The fraction of sp³-hybridized carbons (Fsp3) is 0.231. The van der Waals surface area contributed by atoms with Gasteiger partial charge in [-0.15, -0.1) is 11.3 Å². The van der Waals surface area contributed by atoms with Crippen LogP contribution in [0.4, 0.5) is 5.69 Å². The Balaban J connectivity index is 1.97. The first-order valence-electron chi connectivity index (χ1n) is 10.5. The quantitative estimate of drug-likeness (QED) is 0.395. The highest BCUT2D eigenvalue weighted by Gasteiger charge is 2.27. The molecule has 0 saturated heterocycles. The number of pyridine rings is 1. The van der Waals surface area contributed by atoms with Crippen molar-refractivity contribution in [1.29, 1.82) is 0 Å². The Kier molecular flexibility index (Phi) is 5.79. The van der Waals surface area contributed by atoms with E-state index in [2.05, 4.69) is 18.2 Å². The number of benzene rings is 2. The molecule has 0 aliphatic carbocycles. The number of nitrogens with zero attached hydrogens (tertiary/aromatic N) is 2. The van der Waals surface area contributed by atoms with E-state index >= 15 is 0 Å². The maximum Gasteiger partial charge on any atom is 0.266 e. The molecule has 2 aromatic carbocycles. The van der Waals surface area contributed by atoms with Gasteiger partial charge in [-0.3, -0.25) is 4.79 Å². The molecule has 2 N–H and O–H groups in total. The smallest absolute Gasteiger partial charge is 0.266 e. The molecule has 4 nitrogen and oxygen atoms in total. The number of rotatable bonds is 5. The van der Waals surface area contributed by atoms with Crippen molar-refractivity contribution in [2.45, 2.75) is 39.8 Å². The summed E-state index contributed by atoms with van der Waals surface area (Å²) in [6, 6.07) is 22.5. The first kappa shape index (κ1) is 21.1. The normalized spacial score (nSPS) is 11.4. The van der Waals surface area contributed by atoms with Crippen LogP contribution in [-0.4, -0.2) is 27.9 Å². The molecule has 0 spiro atoms. The van der Waals surface area contributed by atoms with Crippen LogP contribution in [-0.2, 0) is 0 Å². The van der Waals surface area contributed by atoms with Gasteiger partial charge in [-0.05, 0) is 44.9 Å². The van der Waals surface area contributed by atoms with E-state index in [0.717, 1.165) is 32.6 Å². The average molecular weight is 430 g/mol. The molecule has 0 atom stereocenters. The number of anilines is 1. The minimum absolute atomic E-state index is 0.0363. The lowest BCUT2D eigenvalue weighted by molar-refractivity contribution is 0.0650. The van der Waals surface area contributed by atoms with E-state index in [9.17, 15) is 4.79 Å². The number of hydrogen-bond acceptors (Lipinski definition) is 4. The van der Waals surface area contributed by atoms with Gasteiger partial charge in [0.25, 0.3) is 5.91 Å². The van der Waals surface area contributed by atoms with Crippen LogP contribution in [0.2, 0.25) is 0 Å². The predicted octanol–water partition coefficient (Wildman–Crippen LogP) is 6.47. The molecule has 2 heterocycles. The second kappa shape index (κ2) is 8.52. The Bertz CT molecular complexity index is 1210. The van der Waals surface area contributed by atoms with Crippen LogP contribution in [0.5, 0.6) is 0 Å². The lowest BCUT2D eigenvalue weighted by Gasteiger charge is -2.30. The summed E-state index contributed by atoms with van der Waals surface area (Å²) in [5.41, 5.74) is 11.1. The minimum Gasteiger partial charge on any atom is -0.397 e. The summed E-state index contributed by atoms with van der Waals surface area (Å²) in [4.78, 5) is 21.6. The highest BCUT2D eigenvalue weighted by Crippen LogP contribution is 2.42. The molecular weight excluding hydrogens is 402 g/mol. The van der Waals surface area contributed by atoms with E-state index in [1.54, 1.807) is 0 Å². The molecule has 0 radical (unpaired) electrons. The highest BCUT2D eigenvalue weighted by molar-refractivity contribution is 7.21. The van der Waals surface area contributed by atoms with E-state index in [4.69, 9.17) is 10.7 Å². The van der Waals surface area contributed by atoms with Crippen molar-refractivity contribution in [3.63, 3.8) is 0 Å². The summed E-state index contributed by atoms with van der Waals surface area (Å²) in [6.45, 7) is 8.12. The van der Waals surface area contributed by atoms with Crippen molar-refractivity contribution in [3.05, 3.63) is 71.6 Å². The van der Waals surface area contributed by atoms with Crippen molar-refractivity contribution < 1.29 is 4.79 Å². The van der Waals surface area contributed by atoms with Gasteiger partial charge < -0.3 is 10.6 Å². The van der Waals surface area contributed by atoms with Gasteiger partial charge in [-0.1, -0.05) is 60.7 Å². The maximum absolute atomic E-state index is 13.4. The largest absolute Gasteiger partial charge is 0.397 e. The van der Waals surface area contributed by atoms with Gasteiger partial charge in [-0.25, -0.2) is 4.98 Å². The Labute approximate surface area is 187 Å². The molecule has 4 aromatic rings. The fourth-order valence-corrected chi connectivity index (χ4v) is 5.13. The van der Waals surface area contributed by atoms with Crippen LogP contribution in [0.15, 0.2) is 66.7 Å². The SMILES string of the molecule is CC(C)N(C(=O)c1sc2nc(-c3ccccc3)cc(-c3ccccc3)c2c1N)C(C)C. The van der Waals surface area contributed by atoms with E-state index < -0.39 is 0 Å². The van der Waals surface area contributed by atoms with E-state index in [-0.39, 0.29) is 18.0 Å². The third-order valence-corrected chi connectivity index (χ3v) is 6.48. The average Bonchev–Trinajstić information content (AvgIpc) is 3.10. The number of amides is 1. The number of nitrogen functional groups attached to an aromatic ring is 1. The van der Waals surface area contributed by atoms with Crippen LogP contribution >= 0.6 is 11.3 Å². The zero-order valence-corrected chi connectivity index (χ0v) is 19.1. The first-order chi connectivity index (χ1) is 14.9. The molecule has 158 valence electrons. The molecular formula is C26H27N3OS. The second-order valence-electron chi connectivity index (χ2n) is 8.21. The molecule has 0 bridgehead atoms. The van der Waals surface area contributed by atoms with Gasteiger partial charge in [0.05, 0.1) is 11.4 Å². The number of hydrogen-bond donors (Lipinski definition) is 1. The maximum atomic E-state index is 13.4. The number of nitrogens with two attached hydrogens (primary N) is 1. The van der Waals surface area contributed by atoms with Gasteiger partial charge in [0.1, 0.15) is 9.71 Å². The van der Waals surface area contributed by atoms with Gasteiger partial charge in [0, 0.05) is 23.0 Å². The van der Waals surface area contributed by atoms with Gasteiger partial charge in [-0.2, -0.15) is 0 Å². The molecule has 1 amide bonds. The predicted molar refractivity (Wildman–Crippen MR) is 131 cm³/mol. The van der Waals surface area contributed by atoms with Crippen LogP contribution in [0.1, 0.15) is 37.4 Å². The van der Waals surface area contributed by atoms with Gasteiger partial charge in [0.15, 0.2) is 0 Å². The summed E-state index contributed by atoms with van der Waals surface area (Å²) in [5.74, 6) is -0.0363. The number of carbonyl (C=O) groups excluding carboxylic acids is 1. The fourth-order valence-electron chi connectivity index (χ4n) is 4.06. The molecule has 4 rings (SSSR count). The minimum atomic E-state index is -0.0363. The number of aromatic nitrogens is 1. The van der Waals surface area contributed by atoms with Gasteiger partial charge >= 0.3 is 0 Å². The molecule has 5 heteroatoms. The van der Waals surface area contributed by atoms with E-state index in [1.807, 2.05) is 81.1 Å². The summed E-state index contributed by atoms with van der Waals surface area (Å²) >= 11 is 1.39. The van der Waals surface area contributed by atoms with Crippen molar-refractivity contribution in [2.24, 2.45) is 0 Å². The molecule has 31 heavy (non-hydrogen) atoms. The molecule has 0 saturated carbocycles. The third kappa shape index (κ3) is 3.93.